The molecule has 0 unspecified atom stereocenters. The summed E-state index contributed by atoms with van der Waals surface area (Å²) in [6.07, 6.45) is 1.82. The number of thiophene rings is 2. The van der Waals surface area contributed by atoms with Gasteiger partial charge in [0.2, 0.25) is 0 Å². The maximum Gasteiger partial charge on any atom is 0.252 e. The molecule has 0 saturated heterocycles. The molecule has 1 amide bonds. The molecule has 3 aromatic rings. The van der Waals surface area contributed by atoms with Gasteiger partial charge >= 0.3 is 0 Å². The zero-order chi connectivity index (χ0) is 13.1. The molecule has 7 heteroatoms. The minimum Gasteiger partial charge on any atom is -0.346 e. The van der Waals surface area contributed by atoms with E-state index in [1.807, 2.05) is 33.8 Å². The number of amides is 1. The van der Waals surface area contributed by atoms with Gasteiger partial charge in [0.05, 0.1) is 18.4 Å². The van der Waals surface area contributed by atoms with Crippen LogP contribution in [0, 0.1) is 0 Å². The lowest BCUT2D eigenvalue weighted by atomic mass is 10.3. The largest absolute Gasteiger partial charge is 0.346 e. The van der Waals surface area contributed by atoms with Gasteiger partial charge in [0, 0.05) is 16.3 Å². The van der Waals surface area contributed by atoms with Crippen molar-refractivity contribution in [3.05, 3.63) is 51.1 Å². The average Bonchev–Trinajstić information content (AvgIpc) is 3.14. The van der Waals surface area contributed by atoms with Gasteiger partial charge in [0.25, 0.3) is 5.91 Å². The van der Waals surface area contributed by atoms with Gasteiger partial charge in [-0.05, 0) is 22.9 Å². The Balaban J connectivity index is 1.63. The van der Waals surface area contributed by atoms with Crippen LogP contribution in [0.3, 0.4) is 0 Å². The molecule has 0 bridgehead atoms. The predicted octanol–water partition coefficient (Wildman–Crippen LogP) is 2.32. The van der Waals surface area contributed by atoms with Crippen LogP contribution in [0.15, 0.2) is 39.8 Å². The Morgan fingerprint density at radius 1 is 1.26 bits per heavy atom. The van der Waals surface area contributed by atoms with Crippen LogP contribution in [0.1, 0.15) is 16.1 Å². The summed E-state index contributed by atoms with van der Waals surface area (Å²) in [6.45, 7) is 0.374. The van der Waals surface area contributed by atoms with Gasteiger partial charge in [-0.3, -0.25) is 4.79 Å². The van der Waals surface area contributed by atoms with Gasteiger partial charge in [-0.1, -0.05) is 5.21 Å². The quantitative estimate of drug-likeness (QED) is 0.802. The number of hydrogen-bond donors (Lipinski definition) is 1. The second-order valence-electron chi connectivity index (χ2n) is 3.83. The van der Waals surface area contributed by atoms with Crippen LogP contribution in [0.5, 0.6) is 0 Å². The fourth-order valence-corrected chi connectivity index (χ4v) is 2.82. The first kappa shape index (κ1) is 12.1. The molecule has 0 aliphatic heterocycles. The van der Waals surface area contributed by atoms with Crippen LogP contribution >= 0.6 is 22.7 Å². The van der Waals surface area contributed by atoms with Crippen LogP contribution in [0.25, 0.3) is 5.69 Å². The average molecular weight is 290 g/mol. The van der Waals surface area contributed by atoms with Gasteiger partial charge in [0.1, 0.15) is 5.69 Å². The van der Waals surface area contributed by atoms with Crippen molar-refractivity contribution >= 4 is 28.6 Å². The van der Waals surface area contributed by atoms with E-state index < -0.39 is 0 Å². The smallest absolute Gasteiger partial charge is 0.252 e. The second kappa shape index (κ2) is 5.33. The first-order valence-electron chi connectivity index (χ1n) is 5.57. The van der Waals surface area contributed by atoms with Crippen molar-refractivity contribution in [1.82, 2.24) is 20.3 Å². The molecule has 1 N–H and O–H groups in total. The molecule has 0 aliphatic rings. The number of nitrogens with one attached hydrogen (secondary N) is 1. The highest BCUT2D eigenvalue weighted by molar-refractivity contribution is 7.08. The number of carbonyl (C=O) groups excluding carboxylic acids is 1. The van der Waals surface area contributed by atoms with E-state index in [9.17, 15) is 4.79 Å². The molecule has 3 rings (SSSR count). The SMILES string of the molecule is O=C(NCc1cn(-c2ccsc2)nn1)c1ccsc1. The maximum atomic E-state index is 11.8. The highest BCUT2D eigenvalue weighted by Gasteiger charge is 2.07. The van der Waals surface area contributed by atoms with E-state index in [2.05, 4.69) is 15.6 Å². The van der Waals surface area contributed by atoms with E-state index >= 15 is 0 Å². The first-order chi connectivity index (χ1) is 9.33. The Morgan fingerprint density at radius 2 is 2.11 bits per heavy atom. The minimum atomic E-state index is -0.0914. The van der Waals surface area contributed by atoms with Crippen molar-refractivity contribution in [3.8, 4) is 5.69 Å². The summed E-state index contributed by atoms with van der Waals surface area (Å²) in [6, 6.07) is 3.76. The Kier molecular flexibility index (Phi) is 3.39. The van der Waals surface area contributed by atoms with Crippen molar-refractivity contribution in [2.45, 2.75) is 6.54 Å². The fourth-order valence-electron chi connectivity index (χ4n) is 1.56. The van der Waals surface area contributed by atoms with Crippen LogP contribution < -0.4 is 5.32 Å². The van der Waals surface area contributed by atoms with Gasteiger partial charge in [-0.15, -0.1) is 5.10 Å². The van der Waals surface area contributed by atoms with Crippen molar-refractivity contribution in [1.29, 1.82) is 0 Å². The molecular formula is C12H10N4OS2. The lowest BCUT2D eigenvalue weighted by molar-refractivity contribution is 0.0951. The molecule has 0 aromatic carbocycles. The summed E-state index contributed by atoms with van der Waals surface area (Å²) in [4.78, 5) is 11.8. The van der Waals surface area contributed by atoms with E-state index in [4.69, 9.17) is 0 Å². The molecule has 0 atom stereocenters. The van der Waals surface area contributed by atoms with Crippen molar-refractivity contribution in [2.75, 3.05) is 0 Å². The number of carbonyl (C=O) groups is 1. The van der Waals surface area contributed by atoms with Gasteiger partial charge in [-0.25, -0.2) is 4.68 Å². The van der Waals surface area contributed by atoms with E-state index in [0.29, 0.717) is 12.1 Å². The lowest BCUT2D eigenvalue weighted by Gasteiger charge is -1.99. The molecular weight excluding hydrogens is 280 g/mol. The van der Waals surface area contributed by atoms with E-state index in [1.165, 1.54) is 11.3 Å². The summed E-state index contributed by atoms with van der Waals surface area (Å²) in [5.41, 5.74) is 2.39. The molecule has 19 heavy (non-hydrogen) atoms. The highest BCUT2D eigenvalue weighted by atomic mass is 32.1. The number of rotatable bonds is 4. The highest BCUT2D eigenvalue weighted by Crippen LogP contribution is 2.11. The lowest BCUT2D eigenvalue weighted by Crippen LogP contribution is -2.22. The first-order valence-corrected chi connectivity index (χ1v) is 7.46. The number of aromatic nitrogens is 3. The Morgan fingerprint density at radius 3 is 2.84 bits per heavy atom. The Bertz CT molecular complexity index is 658. The van der Waals surface area contributed by atoms with Crippen LogP contribution in [-0.2, 0) is 6.54 Å². The third kappa shape index (κ3) is 2.72. The van der Waals surface area contributed by atoms with Crippen molar-refractivity contribution < 1.29 is 4.79 Å². The standard InChI is InChI=1S/C12H10N4OS2/c17-12(9-1-3-18-7-9)13-5-10-6-16(15-14-10)11-2-4-19-8-11/h1-4,6-8H,5H2,(H,13,17). The van der Waals surface area contributed by atoms with Gasteiger partial charge in [0.15, 0.2) is 0 Å². The molecule has 0 spiro atoms. The van der Waals surface area contributed by atoms with Gasteiger partial charge < -0.3 is 5.32 Å². The molecule has 0 fully saturated rings. The summed E-state index contributed by atoms with van der Waals surface area (Å²) >= 11 is 3.10. The third-order valence-electron chi connectivity index (χ3n) is 2.52. The second-order valence-corrected chi connectivity index (χ2v) is 5.39. The Labute approximate surface area is 117 Å². The monoisotopic (exact) mass is 290 g/mol. The molecule has 5 nitrogen and oxygen atoms in total. The molecule has 0 aliphatic carbocycles. The number of nitrogens with zero attached hydrogens (tertiary/aromatic N) is 3. The molecule has 0 saturated carbocycles. The minimum absolute atomic E-state index is 0.0914. The molecule has 96 valence electrons. The van der Waals surface area contributed by atoms with Crippen LogP contribution in [-0.4, -0.2) is 20.9 Å². The van der Waals surface area contributed by atoms with E-state index in [-0.39, 0.29) is 5.91 Å². The van der Waals surface area contributed by atoms with Crippen molar-refractivity contribution in [2.24, 2.45) is 0 Å². The molecule has 3 heterocycles. The molecule has 0 radical (unpaired) electrons. The summed E-state index contributed by atoms with van der Waals surface area (Å²) in [5, 5.41) is 18.5. The summed E-state index contributed by atoms with van der Waals surface area (Å²) in [7, 11) is 0. The Hall–Kier alpha value is -1.99. The predicted molar refractivity (Wildman–Crippen MR) is 74.7 cm³/mol. The normalized spacial score (nSPS) is 10.5. The zero-order valence-corrected chi connectivity index (χ0v) is 11.4. The van der Waals surface area contributed by atoms with E-state index in [0.717, 1.165) is 11.4 Å². The van der Waals surface area contributed by atoms with Crippen molar-refractivity contribution in [3.63, 3.8) is 0 Å². The summed E-state index contributed by atoms with van der Waals surface area (Å²) in [5.74, 6) is -0.0914. The maximum absolute atomic E-state index is 11.8. The van der Waals surface area contributed by atoms with Crippen LogP contribution in [0.4, 0.5) is 0 Å². The fraction of sp³-hybridized carbons (Fsp3) is 0.0833. The summed E-state index contributed by atoms with van der Waals surface area (Å²) < 4.78 is 1.70. The van der Waals surface area contributed by atoms with Gasteiger partial charge in [-0.2, -0.15) is 22.7 Å². The number of hydrogen-bond acceptors (Lipinski definition) is 5. The zero-order valence-electron chi connectivity index (χ0n) is 9.81. The molecule has 3 aromatic heterocycles. The van der Waals surface area contributed by atoms with Crippen LogP contribution in [0.2, 0.25) is 0 Å². The van der Waals surface area contributed by atoms with E-state index in [1.54, 1.807) is 22.1 Å². The third-order valence-corrected chi connectivity index (χ3v) is 3.88. The topological polar surface area (TPSA) is 59.8 Å².